The summed E-state index contributed by atoms with van der Waals surface area (Å²) in [6.45, 7) is 0. The summed E-state index contributed by atoms with van der Waals surface area (Å²) in [5, 5.41) is 0. The van der Waals surface area contributed by atoms with Crippen LogP contribution in [0.4, 0.5) is 5.69 Å². The summed E-state index contributed by atoms with van der Waals surface area (Å²) >= 11 is 2.04. The largest absolute Gasteiger partial charge is 0.496 e. The molecule has 0 bridgehead atoms. The molecule has 0 unspecified atom stereocenters. The van der Waals surface area contributed by atoms with Crippen molar-refractivity contribution in [3.05, 3.63) is 52.1 Å². The van der Waals surface area contributed by atoms with E-state index in [4.69, 9.17) is 4.74 Å². The van der Waals surface area contributed by atoms with E-state index in [9.17, 15) is 8.42 Å². The maximum absolute atomic E-state index is 12.2. The highest BCUT2D eigenvalue weighted by Crippen LogP contribution is 2.25. The van der Waals surface area contributed by atoms with Gasteiger partial charge < -0.3 is 4.74 Å². The van der Waals surface area contributed by atoms with E-state index in [-0.39, 0.29) is 4.90 Å². The number of hydrogen-bond acceptors (Lipinski definition) is 3. The predicted molar refractivity (Wildman–Crippen MR) is 83.0 cm³/mol. The lowest BCUT2D eigenvalue weighted by Crippen LogP contribution is -2.13. The molecule has 0 saturated carbocycles. The molecule has 0 spiro atoms. The standard InChI is InChI=1S/C13H12INO3S/c1-18-13-8-7-11(9-12(13)14)19(16,17)15-10-5-3-2-4-6-10/h2-9,15H,1H3. The Morgan fingerprint density at radius 3 is 2.37 bits per heavy atom. The Bertz CT molecular complexity index is 672. The van der Waals surface area contributed by atoms with Gasteiger partial charge in [-0.1, -0.05) is 18.2 Å². The zero-order valence-corrected chi connectivity index (χ0v) is 13.1. The van der Waals surface area contributed by atoms with E-state index in [0.29, 0.717) is 11.4 Å². The SMILES string of the molecule is COc1ccc(S(=O)(=O)Nc2ccccc2)cc1I. The van der Waals surface area contributed by atoms with E-state index in [2.05, 4.69) is 4.72 Å². The second-order valence-corrected chi connectivity index (χ2v) is 6.61. The molecule has 0 aromatic heterocycles. The van der Waals surface area contributed by atoms with Crippen molar-refractivity contribution in [3.63, 3.8) is 0 Å². The van der Waals surface area contributed by atoms with Gasteiger partial charge in [-0.05, 0) is 52.9 Å². The zero-order valence-electron chi connectivity index (χ0n) is 10.1. The van der Waals surface area contributed by atoms with Crippen LogP contribution >= 0.6 is 22.6 Å². The fourth-order valence-corrected chi connectivity index (χ4v) is 3.57. The Hall–Kier alpha value is -1.28. The molecule has 2 rings (SSSR count). The van der Waals surface area contributed by atoms with E-state index in [1.54, 1.807) is 43.5 Å². The summed E-state index contributed by atoms with van der Waals surface area (Å²) in [6.07, 6.45) is 0. The molecule has 0 saturated heterocycles. The summed E-state index contributed by atoms with van der Waals surface area (Å²) in [7, 11) is -2.02. The Balaban J connectivity index is 2.32. The Labute approximate surface area is 126 Å². The lowest BCUT2D eigenvalue weighted by Gasteiger charge is -2.09. The van der Waals surface area contributed by atoms with Crippen molar-refractivity contribution in [1.82, 2.24) is 0 Å². The molecule has 6 heteroatoms. The first-order valence-electron chi connectivity index (χ1n) is 5.44. The maximum atomic E-state index is 12.2. The number of methoxy groups -OCH3 is 1. The third kappa shape index (κ3) is 3.38. The number of anilines is 1. The first-order chi connectivity index (χ1) is 9.03. The average Bonchev–Trinajstić information content (AvgIpc) is 2.39. The Kier molecular flexibility index (Phi) is 4.31. The number of rotatable bonds is 4. The number of ether oxygens (including phenoxy) is 1. The van der Waals surface area contributed by atoms with Crippen molar-refractivity contribution < 1.29 is 13.2 Å². The molecular weight excluding hydrogens is 377 g/mol. The van der Waals surface area contributed by atoms with Crippen LogP contribution in [0.2, 0.25) is 0 Å². The van der Waals surface area contributed by atoms with E-state index >= 15 is 0 Å². The van der Waals surface area contributed by atoms with E-state index in [1.807, 2.05) is 28.7 Å². The van der Waals surface area contributed by atoms with Crippen LogP contribution in [0.25, 0.3) is 0 Å². The van der Waals surface area contributed by atoms with Gasteiger partial charge in [-0.3, -0.25) is 4.72 Å². The molecule has 1 N–H and O–H groups in total. The van der Waals surface area contributed by atoms with Crippen LogP contribution in [0.15, 0.2) is 53.4 Å². The molecule has 0 aliphatic heterocycles. The fourth-order valence-electron chi connectivity index (χ4n) is 1.53. The van der Waals surface area contributed by atoms with Gasteiger partial charge in [-0.15, -0.1) is 0 Å². The van der Waals surface area contributed by atoms with Crippen LogP contribution in [0.5, 0.6) is 5.75 Å². The predicted octanol–water partition coefficient (Wildman–Crippen LogP) is 3.10. The minimum atomic E-state index is -3.57. The van der Waals surface area contributed by atoms with Crippen LogP contribution in [0.3, 0.4) is 0 Å². The van der Waals surface area contributed by atoms with Gasteiger partial charge in [0.05, 0.1) is 15.6 Å². The van der Waals surface area contributed by atoms with Gasteiger partial charge in [0.1, 0.15) is 5.75 Å². The van der Waals surface area contributed by atoms with Crippen molar-refractivity contribution in [3.8, 4) is 5.75 Å². The van der Waals surface area contributed by atoms with Crippen molar-refractivity contribution in [2.45, 2.75) is 4.90 Å². The van der Waals surface area contributed by atoms with Crippen LogP contribution in [0.1, 0.15) is 0 Å². The van der Waals surface area contributed by atoms with Crippen molar-refractivity contribution in [2.75, 3.05) is 11.8 Å². The van der Waals surface area contributed by atoms with Crippen LogP contribution < -0.4 is 9.46 Å². The summed E-state index contributed by atoms with van der Waals surface area (Å²) in [5.74, 6) is 0.652. The number of para-hydroxylation sites is 1. The Morgan fingerprint density at radius 1 is 1.11 bits per heavy atom. The van der Waals surface area contributed by atoms with Gasteiger partial charge in [0.25, 0.3) is 10.0 Å². The quantitative estimate of drug-likeness (QED) is 0.818. The fraction of sp³-hybridized carbons (Fsp3) is 0.0769. The van der Waals surface area contributed by atoms with Gasteiger partial charge in [-0.2, -0.15) is 0 Å². The van der Waals surface area contributed by atoms with Gasteiger partial charge in [0.2, 0.25) is 0 Å². The summed E-state index contributed by atoms with van der Waals surface area (Å²) in [6, 6.07) is 13.5. The highest BCUT2D eigenvalue weighted by Gasteiger charge is 2.15. The normalized spacial score (nSPS) is 11.1. The van der Waals surface area contributed by atoms with Crippen molar-refractivity contribution in [1.29, 1.82) is 0 Å². The molecule has 100 valence electrons. The molecule has 0 amide bonds. The summed E-state index contributed by atoms with van der Waals surface area (Å²) in [4.78, 5) is 0.210. The number of sulfonamides is 1. The van der Waals surface area contributed by atoms with Gasteiger partial charge >= 0.3 is 0 Å². The van der Waals surface area contributed by atoms with Crippen LogP contribution in [0, 0.1) is 3.57 Å². The Morgan fingerprint density at radius 2 is 1.79 bits per heavy atom. The minimum Gasteiger partial charge on any atom is -0.496 e. The topological polar surface area (TPSA) is 55.4 Å². The number of hydrogen-bond donors (Lipinski definition) is 1. The first-order valence-corrected chi connectivity index (χ1v) is 8.00. The number of benzene rings is 2. The smallest absolute Gasteiger partial charge is 0.261 e. The van der Waals surface area contributed by atoms with E-state index < -0.39 is 10.0 Å². The lowest BCUT2D eigenvalue weighted by molar-refractivity contribution is 0.411. The molecule has 4 nitrogen and oxygen atoms in total. The molecule has 0 aliphatic rings. The molecule has 0 radical (unpaired) electrons. The zero-order chi connectivity index (χ0) is 13.9. The minimum absolute atomic E-state index is 0.210. The third-order valence-corrected chi connectivity index (χ3v) is 4.68. The first kappa shape index (κ1) is 14.1. The van der Waals surface area contributed by atoms with Crippen LogP contribution in [-0.2, 0) is 10.0 Å². The van der Waals surface area contributed by atoms with E-state index in [1.165, 1.54) is 6.07 Å². The van der Waals surface area contributed by atoms with E-state index in [0.717, 1.165) is 3.57 Å². The summed E-state index contributed by atoms with van der Waals surface area (Å²) < 4.78 is 32.8. The number of halogens is 1. The molecule has 19 heavy (non-hydrogen) atoms. The monoisotopic (exact) mass is 389 g/mol. The molecule has 2 aromatic rings. The molecule has 0 heterocycles. The lowest BCUT2D eigenvalue weighted by atomic mass is 10.3. The highest BCUT2D eigenvalue weighted by atomic mass is 127. The third-order valence-electron chi connectivity index (χ3n) is 2.46. The number of nitrogens with one attached hydrogen (secondary N) is 1. The molecule has 0 aliphatic carbocycles. The van der Waals surface area contributed by atoms with Crippen molar-refractivity contribution >= 4 is 38.3 Å². The average molecular weight is 389 g/mol. The maximum Gasteiger partial charge on any atom is 0.261 e. The highest BCUT2D eigenvalue weighted by molar-refractivity contribution is 14.1. The summed E-state index contributed by atoms with van der Waals surface area (Å²) in [5.41, 5.74) is 0.535. The second kappa shape index (κ2) is 5.79. The van der Waals surface area contributed by atoms with Crippen molar-refractivity contribution in [2.24, 2.45) is 0 Å². The van der Waals surface area contributed by atoms with Crippen LogP contribution in [-0.4, -0.2) is 15.5 Å². The second-order valence-electron chi connectivity index (χ2n) is 3.77. The molecular formula is C13H12INO3S. The van der Waals surface area contributed by atoms with Gasteiger partial charge in [0.15, 0.2) is 0 Å². The van der Waals surface area contributed by atoms with Gasteiger partial charge in [0, 0.05) is 5.69 Å². The molecule has 0 atom stereocenters. The van der Waals surface area contributed by atoms with Gasteiger partial charge in [-0.25, -0.2) is 8.42 Å². The molecule has 0 fully saturated rings. The molecule has 2 aromatic carbocycles.